The van der Waals surface area contributed by atoms with Crippen molar-refractivity contribution >= 4 is 30.6 Å². The van der Waals surface area contributed by atoms with Gasteiger partial charge in [-0.3, -0.25) is 4.79 Å². The average molecular weight is 129 g/mol. The number of hydrogen-bond donors (Lipinski definition) is 2. The molecule has 1 radical (unpaired) electrons. The van der Waals surface area contributed by atoms with Crippen LogP contribution in [0.4, 0.5) is 0 Å². The van der Waals surface area contributed by atoms with Crippen LogP contribution in [0.25, 0.3) is 0 Å². The number of Topliss-reactive ketones (excluding diaryl/α,β-unsaturated/α-hetero) is 1. The van der Waals surface area contributed by atoms with E-state index in [0.29, 0.717) is 0 Å². The zero-order chi connectivity index (χ0) is 5.86. The molecule has 0 unspecified atom stereocenters. The maximum Gasteiger partial charge on any atom is 0.374 e. The monoisotopic (exact) mass is 129 g/mol. The van der Waals surface area contributed by atoms with Gasteiger partial charge in [0.15, 0.2) is 0 Å². The fourth-order valence-electron chi connectivity index (χ4n) is 0.0676. The first kappa shape index (κ1) is 15.9. The summed E-state index contributed by atoms with van der Waals surface area (Å²) in [5.74, 6) is -2.78. The molecule has 0 aliphatic heterocycles. The van der Waals surface area contributed by atoms with Crippen LogP contribution in [0.2, 0.25) is 0 Å². The Morgan fingerprint density at radius 1 is 1.33 bits per heavy atom. The molecule has 0 aliphatic rings. The van der Waals surface area contributed by atoms with Gasteiger partial charge >= 0.3 is 5.97 Å². The Labute approximate surface area is 63.2 Å². The van der Waals surface area contributed by atoms with Crippen molar-refractivity contribution in [1.29, 1.82) is 0 Å². The third-order valence-corrected chi connectivity index (χ3v) is 0.382. The summed E-state index contributed by atoms with van der Waals surface area (Å²) in [6.07, 6.45) is 0. The molecule has 0 saturated heterocycles. The third kappa shape index (κ3) is 7.66. The number of carboxylic acids is 1. The van der Waals surface area contributed by atoms with Crippen molar-refractivity contribution in [3.8, 4) is 0 Å². The van der Waals surface area contributed by atoms with E-state index in [4.69, 9.17) is 10.2 Å². The molecule has 0 heterocycles. The topological polar surface area (TPSA) is 106 Å². The largest absolute Gasteiger partial charge is 0.475 e. The minimum Gasteiger partial charge on any atom is -0.475 e. The van der Waals surface area contributed by atoms with Gasteiger partial charge in [-0.2, -0.15) is 0 Å². The van der Waals surface area contributed by atoms with Gasteiger partial charge in [0.25, 0.3) is 5.78 Å². The zero-order valence-electron chi connectivity index (χ0n) is 4.92. The maximum absolute atomic E-state index is 9.66. The number of aliphatic hydroxyl groups excluding tert-OH is 1. The number of hydrogen-bond acceptors (Lipinski definition) is 3. The summed E-state index contributed by atoms with van der Waals surface area (Å²) in [7, 11) is 0. The van der Waals surface area contributed by atoms with Crippen LogP contribution in [0.1, 0.15) is 0 Å². The molecule has 0 fully saturated rings. The molecule has 0 atom stereocenters. The molecule has 0 aromatic heterocycles. The maximum atomic E-state index is 9.66. The Bertz CT molecular complexity index is 100. The van der Waals surface area contributed by atoms with Gasteiger partial charge in [-0.25, -0.2) is 4.79 Å². The van der Waals surface area contributed by atoms with E-state index in [2.05, 4.69) is 0 Å². The molecule has 0 aliphatic carbocycles. The van der Waals surface area contributed by atoms with Crippen molar-refractivity contribution in [2.45, 2.75) is 0 Å². The molecule has 49 valence electrons. The summed E-state index contributed by atoms with van der Waals surface area (Å²) in [4.78, 5) is 19.1. The molecule has 6 heteroatoms. The second-order valence-electron chi connectivity index (χ2n) is 0.886. The predicted molar refractivity (Wildman–Crippen MR) is 29.1 cm³/mol. The van der Waals surface area contributed by atoms with Crippen molar-refractivity contribution in [2.24, 2.45) is 0 Å². The Morgan fingerprint density at radius 3 is 1.67 bits per heavy atom. The van der Waals surface area contributed by atoms with Gasteiger partial charge < -0.3 is 15.7 Å². The number of carboxylic acid groups (broad SMARTS) is 1. The van der Waals surface area contributed by atoms with Gasteiger partial charge in [0.05, 0.1) is 0 Å². The van der Waals surface area contributed by atoms with Gasteiger partial charge in [0.2, 0.25) is 0 Å². The number of aliphatic hydroxyl groups is 1. The fourth-order valence-corrected chi connectivity index (χ4v) is 0.0676. The zero-order valence-corrected chi connectivity index (χ0v) is 4.92. The second kappa shape index (κ2) is 7.66. The molecule has 0 aromatic rings. The summed E-state index contributed by atoms with van der Waals surface area (Å²) >= 11 is 0. The van der Waals surface area contributed by atoms with Crippen LogP contribution in [0.5, 0.6) is 0 Å². The molecular weight excluding hydrogens is 123 g/mol. The Hall–Kier alpha value is -0.343. The summed E-state index contributed by atoms with van der Waals surface area (Å²) < 4.78 is 0. The Morgan fingerprint density at radius 2 is 1.67 bits per heavy atom. The van der Waals surface area contributed by atoms with Crippen LogP contribution in [-0.2, 0) is 9.59 Å². The van der Waals surface area contributed by atoms with Crippen LogP contribution in [-0.4, -0.2) is 52.9 Å². The first-order valence-corrected chi connectivity index (χ1v) is 1.55. The van der Waals surface area contributed by atoms with Gasteiger partial charge in [-0.1, -0.05) is 0 Å². The fraction of sp³-hybridized carbons (Fsp3) is 0.333. The van der Waals surface area contributed by atoms with Crippen molar-refractivity contribution in [3.05, 3.63) is 0 Å². The predicted octanol–water partition coefficient (Wildman–Crippen LogP) is -2.57. The number of rotatable bonds is 2. The van der Waals surface area contributed by atoms with E-state index in [1.54, 1.807) is 0 Å². The van der Waals surface area contributed by atoms with Crippen molar-refractivity contribution in [1.82, 2.24) is 0 Å². The minimum atomic E-state index is -1.59. The van der Waals surface area contributed by atoms with E-state index in [1.807, 2.05) is 0 Å². The summed E-state index contributed by atoms with van der Waals surface area (Å²) in [6, 6.07) is 0. The van der Waals surface area contributed by atoms with E-state index in [-0.39, 0.29) is 24.3 Å². The SMILES string of the molecule is O.O=C(O)C(=O)CO.[Li]. The molecule has 0 bridgehead atoms. The molecule has 5 nitrogen and oxygen atoms in total. The van der Waals surface area contributed by atoms with Crippen LogP contribution < -0.4 is 0 Å². The first-order chi connectivity index (χ1) is 3.18. The van der Waals surface area contributed by atoms with Gasteiger partial charge in [0.1, 0.15) is 6.61 Å². The molecule has 9 heavy (non-hydrogen) atoms. The second-order valence-corrected chi connectivity index (χ2v) is 0.886. The van der Waals surface area contributed by atoms with Gasteiger partial charge in [-0.05, 0) is 0 Å². The molecular formula is C3H6LiO5. The normalized spacial score (nSPS) is 6.33. The first-order valence-electron chi connectivity index (χ1n) is 1.55. The van der Waals surface area contributed by atoms with Crippen LogP contribution in [0.3, 0.4) is 0 Å². The van der Waals surface area contributed by atoms with E-state index in [0.717, 1.165) is 0 Å². The third-order valence-electron chi connectivity index (χ3n) is 0.382. The molecule has 0 rings (SSSR count). The quantitative estimate of drug-likeness (QED) is 0.315. The number of ketones is 1. The molecule has 0 spiro atoms. The van der Waals surface area contributed by atoms with E-state index in [1.165, 1.54) is 0 Å². The van der Waals surface area contributed by atoms with Crippen LogP contribution >= 0.6 is 0 Å². The molecule has 4 N–H and O–H groups in total. The standard InChI is InChI=1S/C3H4O4.Li.H2O/c4-1-2(5)3(6)7;;/h4H,1H2,(H,6,7);;1H2. The number of carbonyl (C=O) groups excluding carboxylic acids is 1. The van der Waals surface area contributed by atoms with Crippen LogP contribution in [0.15, 0.2) is 0 Å². The van der Waals surface area contributed by atoms with Gasteiger partial charge in [0, 0.05) is 18.9 Å². The smallest absolute Gasteiger partial charge is 0.374 e. The van der Waals surface area contributed by atoms with Crippen molar-refractivity contribution < 1.29 is 25.3 Å². The van der Waals surface area contributed by atoms with Crippen molar-refractivity contribution in [3.63, 3.8) is 0 Å². The van der Waals surface area contributed by atoms with Gasteiger partial charge in [-0.15, -0.1) is 0 Å². The van der Waals surface area contributed by atoms with E-state index >= 15 is 0 Å². The molecule has 0 amide bonds. The Balaban J connectivity index is -0.000000180. The summed E-state index contributed by atoms with van der Waals surface area (Å²) in [5.41, 5.74) is 0. The molecule has 0 saturated carbocycles. The van der Waals surface area contributed by atoms with E-state index in [9.17, 15) is 9.59 Å². The minimum absolute atomic E-state index is 0. The average Bonchev–Trinajstić information content (AvgIpc) is 1.65. The number of aliphatic carboxylic acids is 1. The Kier molecular flexibility index (Phi) is 13.5. The van der Waals surface area contributed by atoms with Crippen molar-refractivity contribution in [2.75, 3.05) is 6.61 Å². The number of carbonyl (C=O) groups is 2. The van der Waals surface area contributed by atoms with E-state index < -0.39 is 18.4 Å². The van der Waals surface area contributed by atoms with Crippen LogP contribution in [0, 0.1) is 0 Å². The molecule has 0 aromatic carbocycles. The summed E-state index contributed by atoms with van der Waals surface area (Å²) in [6.45, 7) is -0.921. The summed E-state index contributed by atoms with van der Waals surface area (Å²) in [5, 5.41) is 15.4.